The third-order valence-electron chi connectivity index (χ3n) is 4.95. The number of nitrogens with zero attached hydrogens (tertiary/aromatic N) is 3. The van der Waals surface area contributed by atoms with Crippen molar-refractivity contribution in [2.24, 2.45) is 5.92 Å². The summed E-state index contributed by atoms with van der Waals surface area (Å²) in [6.07, 6.45) is 4.00. The molecule has 1 aromatic heterocycles. The molecule has 2 aliphatic rings. The Kier molecular flexibility index (Phi) is 3.63. The summed E-state index contributed by atoms with van der Waals surface area (Å²) in [5.41, 5.74) is 0.722. The number of benzene rings is 1. The first-order valence-electron chi connectivity index (χ1n) is 7.68. The number of hydrogen-bond acceptors (Lipinski definition) is 4. The largest absolute Gasteiger partial charge is 0.419 e. The van der Waals surface area contributed by atoms with Gasteiger partial charge in [0.25, 0.3) is 0 Å². The molecule has 0 unspecified atom stereocenters. The molecule has 0 N–H and O–H groups in total. The molecule has 2 fully saturated rings. The van der Waals surface area contributed by atoms with Crippen molar-refractivity contribution in [1.82, 2.24) is 15.1 Å². The molecule has 2 aromatic rings. The predicted molar refractivity (Wildman–Crippen MR) is 86.0 cm³/mol. The number of halogens is 2. The van der Waals surface area contributed by atoms with E-state index in [1.807, 2.05) is 6.07 Å². The summed E-state index contributed by atoms with van der Waals surface area (Å²) in [6, 6.07) is 6.12. The van der Waals surface area contributed by atoms with Crippen LogP contribution in [0.5, 0.6) is 0 Å². The standard InChI is InChI=1S/C16H17Cl2N3O/c1-9(21-8-10-3-2-4-14(10)21)15-19-20-16(22-15)12-6-5-11(17)7-13(12)18/h5-7,9-10,14H,2-4,8H2,1H3/t9-,10+,14+/m1/s1. The molecule has 1 aliphatic carbocycles. The molecule has 0 amide bonds. The van der Waals surface area contributed by atoms with Gasteiger partial charge in [-0.25, -0.2) is 0 Å². The van der Waals surface area contributed by atoms with Gasteiger partial charge in [0.2, 0.25) is 11.8 Å². The van der Waals surface area contributed by atoms with Gasteiger partial charge in [-0.05, 0) is 43.9 Å². The maximum atomic E-state index is 6.20. The second kappa shape index (κ2) is 5.52. The molecule has 116 valence electrons. The summed E-state index contributed by atoms with van der Waals surface area (Å²) in [5, 5.41) is 9.49. The minimum Gasteiger partial charge on any atom is -0.419 e. The van der Waals surface area contributed by atoms with E-state index in [0.717, 1.165) is 18.0 Å². The highest BCUT2D eigenvalue weighted by Crippen LogP contribution is 2.43. The highest BCUT2D eigenvalue weighted by Gasteiger charge is 2.45. The van der Waals surface area contributed by atoms with E-state index in [9.17, 15) is 0 Å². The Hall–Kier alpha value is -1.10. The van der Waals surface area contributed by atoms with Gasteiger partial charge < -0.3 is 4.42 Å². The highest BCUT2D eigenvalue weighted by molar-refractivity contribution is 6.36. The zero-order chi connectivity index (χ0) is 15.3. The van der Waals surface area contributed by atoms with Gasteiger partial charge in [0.15, 0.2) is 0 Å². The van der Waals surface area contributed by atoms with Crippen LogP contribution in [0.15, 0.2) is 22.6 Å². The Balaban J connectivity index is 1.56. The number of hydrogen-bond donors (Lipinski definition) is 0. The van der Waals surface area contributed by atoms with E-state index in [2.05, 4.69) is 22.0 Å². The van der Waals surface area contributed by atoms with Crippen LogP contribution < -0.4 is 0 Å². The summed E-state index contributed by atoms with van der Waals surface area (Å²) < 4.78 is 5.87. The summed E-state index contributed by atoms with van der Waals surface area (Å²) in [7, 11) is 0. The SMILES string of the molecule is C[C@H](c1nnc(-c2ccc(Cl)cc2Cl)o1)N1C[C@@H]2CCC[C@@H]21. The Morgan fingerprint density at radius 1 is 1.27 bits per heavy atom. The van der Waals surface area contributed by atoms with Gasteiger partial charge >= 0.3 is 0 Å². The van der Waals surface area contributed by atoms with Gasteiger partial charge in [0.1, 0.15) is 0 Å². The number of fused-ring (bicyclic) bond motifs is 1. The minimum atomic E-state index is 0.159. The zero-order valence-corrected chi connectivity index (χ0v) is 13.8. The molecule has 4 rings (SSSR count). The lowest BCUT2D eigenvalue weighted by atomic mass is 9.90. The monoisotopic (exact) mass is 337 g/mol. The van der Waals surface area contributed by atoms with E-state index in [-0.39, 0.29) is 6.04 Å². The quantitative estimate of drug-likeness (QED) is 0.821. The van der Waals surface area contributed by atoms with Crippen LogP contribution in [0.3, 0.4) is 0 Å². The molecule has 1 aliphatic heterocycles. The normalized spacial score (nSPS) is 25.8. The Morgan fingerprint density at radius 2 is 2.14 bits per heavy atom. The molecular formula is C16H17Cl2N3O. The first-order valence-corrected chi connectivity index (χ1v) is 8.43. The van der Waals surface area contributed by atoms with Crippen molar-refractivity contribution >= 4 is 23.2 Å². The van der Waals surface area contributed by atoms with E-state index in [4.69, 9.17) is 27.6 Å². The molecule has 0 bridgehead atoms. The molecule has 1 saturated heterocycles. The molecular weight excluding hydrogens is 321 g/mol. The summed E-state index contributed by atoms with van der Waals surface area (Å²) in [4.78, 5) is 2.47. The third kappa shape index (κ3) is 2.34. The summed E-state index contributed by atoms with van der Waals surface area (Å²) in [5.74, 6) is 1.98. The van der Waals surface area contributed by atoms with Crippen LogP contribution in [0.4, 0.5) is 0 Å². The Labute approximate surface area is 139 Å². The van der Waals surface area contributed by atoms with Crippen molar-refractivity contribution in [3.8, 4) is 11.5 Å². The van der Waals surface area contributed by atoms with Crippen LogP contribution in [0.1, 0.15) is 38.1 Å². The maximum Gasteiger partial charge on any atom is 0.249 e. The fourth-order valence-electron chi connectivity index (χ4n) is 3.70. The van der Waals surface area contributed by atoms with Crippen molar-refractivity contribution < 1.29 is 4.42 Å². The lowest BCUT2D eigenvalue weighted by molar-refractivity contribution is -0.00658. The maximum absolute atomic E-state index is 6.20. The molecule has 3 atom stereocenters. The number of aromatic nitrogens is 2. The van der Waals surface area contributed by atoms with Crippen molar-refractivity contribution in [1.29, 1.82) is 0 Å². The lowest BCUT2D eigenvalue weighted by Gasteiger charge is -2.47. The van der Waals surface area contributed by atoms with E-state index in [0.29, 0.717) is 27.9 Å². The molecule has 1 aromatic carbocycles. The predicted octanol–water partition coefficient (Wildman–Crippen LogP) is 4.59. The van der Waals surface area contributed by atoms with Crippen LogP contribution in [0.25, 0.3) is 11.5 Å². The van der Waals surface area contributed by atoms with E-state index in [1.165, 1.54) is 19.3 Å². The topological polar surface area (TPSA) is 42.2 Å². The molecule has 2 heterocycles. The number of likely N-dealkylation sites (tertiary alicyclic amines) is 1. The molecule has 6 heteroatoms. The van der Waals surface area contributed by atoms with E-state index in [1.54, 1.807) is 12.1 Å². The minimum absolute atomic E-state index is 0.159. The first-order chi connectivity index (χ1) is 10.6. The molecule has 1 saturated carbocycles. The van der Waals surface area contributed by atoms with Crippen LogP contribution in [0, 0.1) is 5.92 Å². The van der Waals surface area contributed by atoms with E-state index >= 15 is 0 Å². The molecule has 0 radical (unpaired) electrons. The van der Waals surface area contributed by atoms with Crippen molar-refractivity contribution in [3.05, 3.63) is 34.1 Å². The highest BCUT2D eigenvalue weighted by atomic mass is 35.5. The molecule has 22 heavy (non-hydrogen) atoms. The molecule has 0 spiro atoms. The Bertz CT molecular complexity index is 702. The van der Waals surface area contributed by atoms with Gasteiger partial charge in [-0.1, -0.05) is 29.6 Å². The Morgan fingerprint density at radius 3 is 2.91 bits per heavy atom. The fourth-order valence-corrected chi connectivity index (χ4v) is 4.19. The van der Waals surface area contributed by atoms with Gasteiger partial charge in [0, 0.05) is 17.6 Å². The average Bonchev–Trinajstić information content (AvgIpc) is 3.07. The van der Waals surface area contributed by atoms with Crippen LogP contribution in [-0.2, 0) is 0 Å². The van der Waals surface area contributed by atoms with Gasteiger partial charge in [-0.15, -0.1) is 10.2 Å². The summed E-state index contributed by atoms with van der Waals surface area (Å²) >= 11 is 12.1. The molecule has 4 nitrogen and oxygen atoms in total. The number of rotatable bonds is 3. The van der Waals surface area contributed by atoms with Crippen LogP contribution in [0.2, 0.25) is 10.0 Å². The van der Waals surface area contributed by atoms with Crippen molar-refractivity contribution in [2.45, 2.75) is 38.3 Å². The fraction of sp³-hybridized carbons (Fsp3) is 0.500. The lowest BCUT2D eigenvalue weighted by Crippen LogP contribution is -2.53. The van der Waals surface area contributed by atoms with Crippen LogP contribution in [-0.4, -0.2) is 27.7 Å². The second-order valence-corrected chi connectivity index (χ2v) is 7.04. The smallest absolute Gasteiger partial charge is 0.249 e. The van der Waals surface area contributed by atoms with Gasteiger partial charge in [-0.3, -0.25) is 4.90 Å². The second-order valence-electron chi connectivity index (χ2n) is 6.20. The van der Waals surface area contributed by atoms with Gasteiger partial charge in [-0.2, -0.15) is 0 Å². The van der Waals surface area contributed by atoms with Crippen molar-refractivity contribution in [3.63, 3.8) is 0 Å². The van der Waals surface area contributed by atoms with Gasteiger partial charge in [0.05, 0.1) is 16.6 Å². The zero-order valence-electron chi connectivity index (χ0n) is 12.3. The van der Waals surface area contributed by atoms with E-state index < -0.39 is 0 Å². The summed E-state index contributed by atoms with van der Waals surface area (Å²) in [6.45, 7) is 3.28. The third-order valence-corrected chi connectivity index (χ3v) is 5.50. The van der Waals surface area contributed by atoms with Crippen molar-refractivity contribution in [2.75, 3.05) is 6.54 Å². The average molecular weight is 338 g/mol. The first kappa shape index (κ1) is 14.5. The van der Waals surface area contributed by atoms with Crippen LogP contribution >= 0.6 is 23.2 Å².